The molecule has 0 aliphatic carbocycles. The number of carbonyl (C=O) groups excluding carboxylic acids is 1. The van der Waals surface area contributed by atoms with E-state index in [1.807, 2.05) is 20.8 Å². The topological polar surface area (TPSA) is 39.1 Å². The number of benzene rings is 1. The zero-order valence-corrected chi connectivity index (χ0v) is 13.8. The summed E-state index contributed by atoms with van der Waals surface area (Å²) in [6.45, 7) is 5.49. The molecular formula is C17H18FNO2S. The normalized spacial score (nSPS) is 13.7. The van der Waals surface area contributed by atoms with Crippen LogP contribution in [-0.2, 0) is 11.8 Å². The van der Waals surface area contributed by atoms with Crippen molar-refractivity contribution in [3.8, 4) is 0 Å². The maximum Gasteiger partial charge on any atom is 0.268 e. The van der Waals surface area contributed by atoms with E-state index >= 15 is 0 Å². The third kappa shape index (κ3) is 3.60. The molecule has 0 saturated heterocycles. The summed E-state index contributed by atoms with van der Waals surface area (Å²) in [5.41, 5.74) is -0.0678. The van der Waals surface area contributed by atoms with Crippen LogP contribution < -0.4 is 14.8 Å². The van der Waals surface area contributed by atoms with E-state index in [9.17, 15) is 14.0 Å². The number of ketones is 1. The molecule has 0 amide bonds. The highest BCUT2D eigenvalue weighted by Crippen LogP contribution is 2.14. The third-order valence-electron chi connectivity index (χ3n) is 3.20. The Balaban J connectivity index is 2.59. The average molecular weight is 319 g/mol. The Hall–Kier alpha value is -2.01. The van der Waals surface area contributed by atoms with Crippen molar-refractivity contribution in [2.45, 2.75) is 20.8 Å². The van der Waals surface area contributed by atoms with E-state index in [2.05, 4.69) is 0 Å². The molecule has 0 unspecified atom stereocenters. The highest BCUT2D eigenvalue weighted by molar-refractivity contribution is 7.07. The SMILES string of the molecule is Cn1c(=O)/c(=C\c2cccc(F)c2)s/c1=C\C(=O)C(C)(C)C. The van der Waals surface area contributed by atoms with Gasteiger partial charge in [0.15, 0.2) is 5.78 Å². The first kappa shape index (κ1) is 16.4. The highest BCUT2D eigenvalue weighted by atomic mass is 32.1. The average Bonchev–Trinajstić information content (AvgIpc) is 2.66. The van der Waals surface area contributed by atoms with Crippen LogP contribution >= 0.6 is 11.3 Å². The molecule has 0 bridgehead atoms. The molecule has 1 aromatic heterocycles. The minimum Gasteiger partial charge on any atom is -0.302 e. The Bertz CT molecular complexity index is 885. The van der Waals surface area contributed by atoms with E-state index in [-0.39, 0.29) is 17.2 Å². The number of halogens is 1. The van der Waals surface area contributed by atoms with E-state index in [1.54, 1.807) is 25.3 Å². The van der Waals surface area contributed by atoms with Gasteiger partial charge in [0.05, 0.1) is 4.53 Å². The lowest BCUT2D eigenvalue weighted by Crippen LogP contribution is -2.30. The van der Waals surface area contributed by atoms with Gasteiger partial charge in [-0.25, -0.2) is 4.39 Å². The predicted molar refractivity (Wildman–Crippen MR) is 87.7 cm³/mol. The Kier molecular flexibility index (Phi) is 4.47. The maximum absolute atomic E-state index is 13.2. The molecule has 0 atom stereocenters. The predicted octanol–water partition coefficient (Wildman–Crippen LogP) is 1.81. The van der Waals surface area contributed by atoms with Crippen molar-refractivity contribution in [1.29, 1.82) is 0 Å². The monoisotopic (exact) mass is 319 g/mol. The third-order valence-corrected chi connectivity index (χ3v) is 4.31. The fourth-order valence-electron chi connectivity index (χ4n) is 1.78. The number of aromatic nitrogens is 1. The zero-order chi connectivity index (χ0) is 16.5. The lowest BCUT2D eigenvalue weighted by Gasteiger charge is -2.12. The second kappa shape index (κ2) is 6.01. The van der Waals surface area contributed by atoms with Crippen LogP contribution in [0.15, 0.2) is 29.1 Å². The number of rotatable bonds is 2. The first-order valence-electron chi connectivity index (χ1n) is 6.88. The zero-order valence-electron chi connectivity index (χ0n) is 13.0. The van der Waals surface area contributed by atoms with Gasteiger partial charge in [-0.3, -0.25) is 9.59 Å². The molecule has 2 rings (SSSR count). The Morgan fingerprint density at radius 3 is 2.59 bits per heavy atom. The Morgan fingerprint density at radius 2 is 2.00 bits per heavy atom. The molecule has 0 saturated carbocycles. The van der Waals surface area contributed by atoms with E-state index < -0.39 is 5.41 Å². The highest BCUT2D eigenvalue weighted by Gasteiger charge is 2.19. The molecule has 2 aromatic rings. The van der Waals surface area contributed by atoms with Crippen LogP contribution in [0.4, 0.5) is 4.39 Å². The summed E-state index contributed by atoms with van der Waals surface area (Å²) in [5, 5.41) is 0. The van der Waals surface area contributed by atoms with Gasteiger partial charge in [0.1, 0.15) is 10.5 Å². The molecule has 3 nitrogen and oxygen atoms in total. The van der Waals surface area contributed by atoms with Crippen LogP contribution in [-0.4, -0.2) is 10.4 Å². The van der Waals surface area contributed by atoms with Crippen molar-refractivity contribution in [2.75, 3.05) is 0 Å². The summed E-state index contributed by atoms with van der Waals surface area (Å²) in [7, 11) is 1.63. The molecule has 1 heterocycles. The Labute approximate surface area is 132 Å². The summed E-state index contributed by atoms with van der Waals surface area (Å²) >= 11 is 1.23. The number of thiazole rings is 1. The van der Waals surface area contributed by atoms with Crippen LogP contribution in [0.1, 0.15) is 26.3 Å². The van der Waals surface area contributed by atoms with Gasteiger partial charge >= 0.3 is 0 Å². The summed E-state index contributed by atoms with van der Waals surface area (Å²) < 4.78 is 15.7. The van der Waals surface area contributed by atoms with E-state index in [4.69, 9.17) is 0 Å². The number of carbonyl (C=O) groups is 1. The molecule has 0 aliphatic heterocycles. The molecular weight excluding hydrogens is 301 g/mol. The van der Waals surface area contributed by atoms with Gasteiger partial charge in [0.25, 0.3) is 5.56 Å². The minimum atomic E-state index is -0.494. The van der Waals surface area contributed by atoms with Crippen molar-refractivity contribution >= 4 is 29.3 Å². The summed E-state index contributed by atoms with van der Waals surface area (Å²) in [4.78, 5) is 24.3. The van der Waals surface area contributed by atoms with E-state index in [0.29, 0.717) is 14.8 Å². The molecule has 1 aromatic carbocycles. The minimum absolute atomic E-state index is 0.0401. The molecule has 5 heteroatoms. The van der Waals surface area contributed by atoms with Crippen LogP contribution in [0, 0.1) is 11.2 Å². The van der Waals surface area contributed by atoms with Crippen molar-refractivity contribution in [2.24, 2.45) is 12.5 Å². The van der Waals surface area contributed by atoms with Crippen molar-refractivity contribution < 1.29 is 9.18 Å². The van der Waals surface area contributed by atoms with Gasteiger partial charge in [0, 0.05) is 18.5 Å². The van der Waals surface area contributed by atoms with E-state index in [0.717, 1.165) is 0 Å². The molecule has 22 heavy (non-hydrogen) atoms. The molecule has 0 N–H and O–H groups in total. The van der Waals surface area contributed by atoms with Gasteiger partial charge in [-0.1, -0.05) is 32.9 Å². The number of hydrogen-bond acceptors (Lipinski definition) is 3. The lowest BCUT2D eigenvalue weighted by molar-refractivity contribution is -0.120. The first-order valence-corrected chi connectivity index (χ1v) is 7.69. The lowest BCUT2D eigenvalue weighted by atomic mass is 9.91. The van der Waals surface area contributed by atoms with Crippen LogP contribution in [0.2, 0.25) is 0 Å². The molecule has 0 aliphatic rings. The van der Waals surface area contributed by atoms with E-state index in [1.165, 1.54) is 34.1 Å². The summed E-state index contributed by atoms with van der Waals surface area (Å²) in [6, 6.07) is 6.04. The van der Waals surface area contributed by atoms with Gasteiger partial charge in [-0.2, -0.15) is 0 Å². The molecule has 116 valence electrons. The summed E-state index contributed by atoms with van der Waals surface area (Å²) in [5.74, 6) is -0.390. The Morgan fingerprint density at radius 1 is 1.32 bits per heavy atom. The van der Waals surface area contributed by atoms with Crippen molar-refractivity contribution in [3.63, 3.8) is 0 Å². The van der Waals surface area contributed by atoms with Gasteiger partial charge < -0.3 is 4.57 Å². The maximum atomic E-state index is 13.2. The second-order valence-corrected chi connectivity index (χ2v) is 7.19. The summed E-state index contributed by atoms with van der Waals surface area (Å²) in [6.07, 6.45) is 3.13. The van der Waals surface area contributed by atoms with Gasteiger partial charge in [-0.15, -0.1) is 11.3 Å². The standard InChI is InChI=1S/C17H18FNO2S/c1-17(2,3)14(20)10-15-19(4)16(21)13(22-15)9-11-6-5-7-12(18)8-11/h5-10H,1-4H3/b13-9+,15-10-. The molecule has 0 radical (unpaired) electrons. The second-order valence-electron chi connectivity index (χ2n) is 6.13. The largest absolute Gasteiger partial charge is 0.302 e. The van der Waals surface area contributed by atoms with Gasteiger partial charge in [-0.05, 0) is 23.8 Å². The first-order chi connectivity index (χ1) is 10.2. The quantitative estimate of drug-likeness (QED) is 0.847. The van der Waals surface area contributed by atoms with Crippen LogP contribution in [0.5, 0.6) is 0 Å². The van der Waals surface area contributed by atoms with Crippen LogP contribution in [0.3, 0.4) is 0 Å². The molecule has 0 fully saturated rings. The van der Waals surface area contributed by atoms with Gasteiger partial charge in [0.2, 0.25) is 0 Å². The van der Waals surface area contributed by atoms with Crippen molar-refractivity contribution in [1.82, 2.24) is 4.57 Å². The number of Topliss-reactive ketones (excluding diaryl/α,β-unsaturated/α-hetero) is 1. The van der Waals surface area contributed by atoms with Crippen LogP contribution in [0.25, 0.3) is 12.2 Å². The fraction of sp³-hybridized carbons (Fsp3) is 0.294. The smallest absolute Gasteiger partial charge is 0.268 e. The fourth-order valence-corrected chi connectivity index (χ4v) is 2.81. The number of nitrogens with zero attached hydrogens (tertiary/aromatic N) is 1. The van der Waals surface area contributed by atoms with Crippen molar-refractivity contribution in [3.05, 3.63) is 55.2 Å². The number of hydrogen-bond donors (Lipinski definition) is 0. The molecule has 0 spiro atoms.